The van der Waals surface area contributed by atoms with E-state index in [1.54, 1.807) is 17.9 Å². The molecule has 1 aromatic carbocycles. The van der Waals surface area contributed by atoms with E-state index in [9.17, 15) is 22.8 Å². The van der Waals surface area contributed by atoms with Crippen molar-refractivity contribution in [1.82, 2.24) is 4.90 Å². The largest absolute Gasteiger partial charge is 0.481 e. The topological polar surface area (TPSA) is 69.6 Å². The van der Waals surface area contributed by atoms with Crippen LogP contribution in [0, 0.1) is 17.8 Å². The molecule has 30 heavy (non-hydrogen) atoms. The molecule has 0 aromatic heterocycles. The van der Waals surface area contributed by atoms with Crippen LogP contribution in [0.5, 0.6) is 0 Å². The molecule has 1 aliphatic rings. The molecule has 5 nitrogen and oxygen atoms in total. The number of piperidine rings is 1. The van der Waals surface area contributed by atoms with E-state index >= 15 is 0 Å². The van der Waals surface area contributed by atoms with Crippen molar-refractivity contribution in [2.24, 2.45) is 17.8 Å². The highest BCUT2D eigenvalue weighted by Crippen LogP contribution is 2.34. The zero-order valence-electron chi connectivity index (χ0n) is 17.3. The number of rotatable bonds is 7. The molecule has 2 N–H and O–H groups in total. The summed E-state index contributed by atoms with van der Waals surface area (Å²) in [6.45, 7) is 5.46. The summed E-state index contributed by atoms with van der Waals surface area (Å²) in [4.78, 5) is 25.6. The Labute approximate surface area is 179 Å². The predicted octanol–water partition coefficient (Wildman–Crippen LogP) is 4.84. The summed E-state index contributed by atoms with van der Waals surface area (Å²) in [6, 6.07) is 3.30. The number of alkyl halides is 3. The number of nitrogens with zero attached hydrogens (tertiary/aromatic N) is 1. The van der Waals surface area contributed by atoms with Crippen molar-refractivity contribution in [3.8, 4) is 0 Å². The maximum absolute atomic E-state index is 13.5. The number of carbonyl (C=O) groups is 2. The van der Waals surface area contributed by atoms with Crippen LogP contribution in [-0.2, 0) is 16.0 Å². The van der Waals surface area contributed by atoms with Gasteiger partial charge in [0.25, 0.3) is 0 Å². The lowest BCUT2D eigenvalue weighted by molar-refractivity contribution is -0.189. The van der Waals surface area contributed by atoms with E-state index < -0.39 is 35.9 Å². The molecule has 168 valence electrons. The number of nitrogens with one attached hydrogen (secondary N) is 1. The highest BCUT2D eigenvalue weighted by molar-refractivity contribution is 6.33. The van der Waals surface area contributed by atoms with Gasteiger partial charge in [-0.1, -0.05) is 38.4 Å². The number of carbonyl (C=O) groups excluding carboxylic acids is 1. The number of benzene rings is 1. The number of anilines is 1. The van der Waals surface area contributed by atoms with Crippen LogP contribution in [0.15, 0.2) is 18.2 Å². The zero-order valence-corrected chi connectivity index (χ0v) is 18.1. The molecular weight excluding hydrogens is 421 g/mol. The molecule has 1 amide bonds. The summed E-state index contributed by atoms with van der Waals surface area (Å²) in [7, 11) is 0. The number of halogens is 4. The van der Waals surface area contributed by atoms with Gasteiger partial charge in [0.1, 0.15) is 6.04 Å². The second kappa shape index (κ2) is 10.0. The summed E-state index contributed by atoms with van der Waals surface area (Å²) in [6.07, 6.45) is -2.84. The highest BCUT2D eigenvalue weighted by Gasteiger charge is 2.47. The number of amides is 1. The molecule has 0 unspecified atom stereocenters. The Hall–Kier alpha value is -1.80. The van der Waals surface area contributed by atoms with Crippen LogP contribution < -0.4 is 5.32 Å². The minimum Gasteiger partial charge on any atom is -0.481 e. The number of aliphatic carboxylic acids is 1. The molecule has 1 saturated heterocycles. The van der Waals surface area contributed by atoms with E-state index in [0.717, 1.165) is 19.8 Å². The number of carboxylic acid groups (broad SMARTS) is 1. The first-order chi connectivity index (χ1) is 13.9. The summed E-state index contributed by atoms with van der Waals surface area (Å²) in [5.41, 5.74) is 0.804. The van der Waals surface area contributed by atoms with Crippen LogP contribution in [0.1, 0.15) is 39.2 Å². The van der Waals surface area contributed by atoms with E-state index in [1.807, 2.05) is 6.92 Å². The van der Waals surface area contributed by atoms with Crippen LogP contribution in [0.2, 0.25) is 5.02 Å². The third-order valence-corrected chi connectivity index (χ3v) is 6.05. The standard InChI is InChI=1S/C21H28ClF3N2O3/c1-12-6-8-27(9-7-12)18(14(3)21(23,24)25)19(28)26-17-11-15(4-5-16(17)22)10-13(2)20(29)30/h4-5,11-14,18H,6-10H2,1-3H3,(H,26,28)(H,29,30)/t13-,14-,18-/m1/s1. The van der Waals surface area contributed by atoms with E-state index in [0.29, 0.717) is 24.6 Å². The van der Waals surface area contributed by atoms with Crippen molar-refractivity contribution in [2.45, 2.75) is 52.3 Å². The highest BCUT2D eigenvalue weighted by atomic mass is 35.5. The fraction of sp³-hybridized carbons (Fsp3) is 0.619. The fourth-order valence-electron chi connectivity index (χ4n) is 3.64. The molecule has 1 heterocycles. The van der Waals surface area contributed by atoms with Gasteiger partial charge in [-0.05, 0) is 56.0 Å². The maximum Gasteiger partial charge on any atom is 0.393 e. The second-order valence-corrected chi connectivity index (χ2v) is 8.65. The van der Waals surface area contributed by atoms with E-state index in [4.69, 9.17) is 16.7 Å². The van der Waals surface area contributed by atoms with Gasteiger partial charge in [0, 0.05) is 0 Å². The van der Waals surface area contributed by atoms with Crippen molar-refractivity contribution in [1.29, 1.82) is 0 Å². The lowest BCUT2D eigenvalue weighted by atomic mass is 9.92. The zero-order chi connectivity index (χ0) is 22.6. The normalized spacial score (nSPS) is 19.2. The Kier molecular flexibility index (Phi) is 8.16. The van der Waals surface area contributed by atoms with Crippen molar-refractivity contribution in [3.05, 3.63) is 28.8 Å². The van der Waals surface area contributed by atoms with Crippen molar-refractivity contribution in [3.63, 3.8) is 0 Å². The Balaban J connectivity index is 2.25. The molecule has 1 aromatic rings. The van der Waals surface area contributed by atoms with E-state index in [1.165, 1.54) is 12.1 Å². The van der Waals surface area contributed by atoms with Gasteiger partial charge in [0.15, 0.2) is 0 Å². The molecule has 0 spiro atoms. The summed E-state index contributed by atoms with van der Waals surface area (Å²) >= 11 is 6.15. The lowest BCUT2D eigenvalue weighted by Crippen LogP contribution is -2.54. The summed E-state index contributed by atoms with van der Waals surface area (Å²) < 4.78 is 40.5. The molecule has 0 bridgehead atoms. The van der Waals surface area contributed by atoms with Gasteiger partial charge in [-0.2, -0.15) is 13.2 Å². The third kappa shape index (κ3) is 6.35. The molecule has 0 saturated carbocycles. The molecule has 3 atom stereocenters. The Bertz CT molecular complexity index is 764. The minimum absolute atomic E-state index is 0.181. The van der Waals surface area contributed by atoms with Gasteiger partial charge >= 0.3 is 12.1 Å². The van der Waals surface area contributed by atoms with Crippen LogP contribution in [-0.4, -0.2) is 47.2 Å². The quantitative estimate of drug-likeness (QED) is 0.626. The summed E-state index contributed by atoms with van der Waals surface area (Å²) in [5, 5.41) is 11.8. The number of hydrogen-bond acceptors (Lipinski definition) is 3. The molecule has 0 aliphatic carbocycles. The smallest absolute Gasteiger partial charge is 0.393 e. The number of likely N-dealkylation sites (tertiary alicyclic amines) is 1. The molecule has 0 radical (unpaired) electrons. The van der Waals surface area contributed by atoms with Crippen molar-refractivity contribution >= 4 is 29.2 Å². The SMILES string of the molecule is CC1CCN([C@@H](C(=O)Nc2cc(C[C@@H](C)C(=O)O)ccc2Cl)[C@@H](C)C(F)(F)F)CC1. The Morgan fingerprint density at radius 2 is 1.87 bits per heavy atom. The van der Waals surface area contributed by atoms with Gasteiger partial charge in [-0.25, -0.2) is 0 Å². The lowest BCUT2D eigenvalue weighted by Gasteiger charge is -2.39. The third-order valence-electron chi connectivity index (χ3n) is 5.72. The van der Waals surface area contributed by atoms with Gasteiger partial charge in [0.2, 0.25) is 5.91 Å². The first kappa shape index (κ1) is 24.5. The van der Waals surface area contributed by atoms with Gasteiger partial charge in [-0.15, -0.1) is 0 Å². The van der Waals surface area contributed by atoms with Crippen LogP contribution in [0.4, 0.5) is 18.9 Å². The molecule has 9 heteroatoms. The average molecular weight is 449 g/mol. The molecule has 2 rings (SSSR count). The maximum atomic E-state index is 13.5. The van der Waals surface area contributed by atoms with Crippen LogP contribution in [0.3, 0.4) is 0 Å². The first-order valence-electron chi connectivity index (χ1n) is 10.0. The van der Waals surface area contributed by atoms with E-state index in [-0.39, 0.29) is 17.1 Å². The first-order valence-corrected chi connectivity index (χ1v) is 10.4. The van der Waals surface area contributed by atoms with Gasteiger partial charge < -0.3 is 10.4 Å². The molecular formula is C21H28ClF3N2O3. The molecule has 1 fully saturated rings. The van der Waals surface area contributed by atoms with Crippen molar-refractivity contribution in [2.75, 3.05) is 18.4 Å². The van der Waals surface area contributed by atoms with Gasteiger partial charge in [0.05, 0.1) is 22.5 Å². The second-order valence-electron chi connectivity index (χ2n) is 8.24. The monoisotopic (exact) mass is 448 g/mol. The van der Waals surface area contributed by atoms with Crippen LogP contribution >= 0.6 is 11.6 Å². The summed E-state index contributed by atoms with van der Waals surface area (Å²) in [5.74, 6) is -3.81. The minimum atomic E-state index is -4.52. The average Bonchev–Trinajstić information content (AvgIpc) is 2.65. The number of carboxylic acids is 1. The Morgan fingerprint density at radius 1 is 1.27 bits per heavy atom. The van der Waals surface area contributed by atoms with Crippen molar-refractivity contribution < 1.29 is 27.9 Å². The molecule has 1 aliphatic heterocycles. The van der Waals surface area contributed by atoms with E-state index in [2.05, 4.69) is 5.32 Å². The van der Waals surface area contributed by atoms with Gasteiger partial charge in [-0.3, -0.25) is 14.5 Å². The Morgan fingerprint density at radius 3 is 2.40 bits per heavy atom. The predicted molar refractivity (Wildman–Crippen MR) is 110 cm³/mol. The van der Waals surface area contributed by atoms with Crippen LogP contribution in [0.25, 0.3) is 0 Å². The number of hydrogen-bond donors (Lipinski definition) is 2. The fourth-order valence-corrected chi connectivity index (χ4v) is 3.80.